The molecule has 1 heterocycles. The highest BCUT2D eigenvalue weighted by Crippen LogP contribution is 2.08. The van der Waals surface area contributed by atoms with Gasteiger partial charge < -0.3 is 4.42 Å². The number of halogens is 1. The van der Waals surface area contributed by atoms with E-state index in [-0.39, 0.29) is 11.0 Å². The maximum Gasteiger partial charge on any atom is 0.228 e. The van der Waals surface area contributed by atoms with Crippen molar-refractivity contribution >= 4 is 11.0 Å². The zero-order valence-electron chi connectivity index (χ0n) is 7.00. The SMILES string of the molecule is [2H]c1oc2ccccc2c(=O)c1F. The van der Waals surface area contributed by atoms with Crippen molar-refractivity contribution in [2.45, 2.75) is 0 Å². The second-order valence-corrected chi connectivity index (χ2v) is 2.34. The van der Waals surface area contributed by atoms with Crippen LogP contribution >= 0.6 is 0 Å². The average molecular weight is 165 g/mol. The lowest BCUT2D eigenvalue weighted by atomic mass is 10.2. The molecule has 0 spiro atoms. The summed E-state index contributed by atoms with van der Waals surface area (Å²) < 4.78 is 24.6. The van der Waals surface area contributed by atoms with E-state index in [1.54, 1.807) is 12.1 Å². The molecular formula is C9H5FO2. The Morgan fingerprint density at radius 2 is 2.17 bits per heavy atom. The quantitative estimate of drug-likeness (QED) is 0.597. The third-order valence-electron chi connectivity index (χ3n) is 1.58. The van der Waals surface area contributed by atoms with Crippen LogP contribution in [0.3, 0.4) is 0 Å². The van der Waals surface area contributed by atoms with E-state index in [2.05, 4.69) is 0 Å². The van der Waals surface area contributed by atoms with Crippen molar-refractivity contribution < 1.29 is 10.2 Å². The Bertz CT molecular complexity index is 518. The summed E-state index contributed by atoms with van der Waals surface area (Å²) in [6, 6.07) is 6.25. The van der Waals surface area contributed by atoms with Crippen molar-refractivity contribution in [2.75, 3.05) is 0 Å². The zero-order valence-corrected chi connectivity index (χ0v) is 6.00. The summed E-state index contributed by atoms with van der Waals surface area (Å²) in [6.07, 6.45) is -0.719. The van der Waals surface area contributed by atoms with Gasteiger partial charge in [0.05, 0.1) is 5.39 Å². The minimum absolute atomic E-state index is 0.163. The van der Waals surface area contributed by atoms with Gasteiger partial charge in [-0.05, 0) is 12.1 Å². The first-order valence-corrected chi connectivity index (χ1v) is 3.38. The molecule has 12 heavy (non-hydrogen) atoms. The normalized spacial score (nSPS) is 11.6. The molecule has 2 nitrogen and oxygen atoms in total. The van der Waals surface area contributed by atoms with Crippen LogP contribution in [-0.4, -0.2) is 0 Å². The molecule has 1 aromatic heterocycles. The van der Waals surface area contributed by atoms with E-state index in [0.29, 0.717) is 0 Å². The lowest BCUT2D eigenvalue weighted by molar-refractivity contribution is 0.520. The molecule has 2 rings (SSSR count). The van der Waals surface area contributed by atoms with Crippen molar-refractivity contribution in [3.63, 3.8) is 0 Å². The van der Waals surface area contributed by atoms with Gasteiger partial charge in [-0.1, -0.05) is 12.1 Å². The predicted octanol–water partition coefficient (Wildman–Crippen LogP) is 1.93. The first-order valence-electron chi connectivity index (χ1n) is 3.88. The number of para-hydroxylation sites is 1. The highest BCUT2D eigenvalue weighted by atomic mass is 19.1. The van der Waals surface area contributed by atoms with Crippen LogP contribution in [0.5, 0.6) is 0 Å². The first kappa shape index (κ1) is 5.94. The van der Waals surface area contributed by atoms with Gasteiger partial charge in [0.2, 0.25) is 11.2 Å². The summed E-state index contributed by atoms with van der Waals surface area (Å²) in [5, 5.41) is 0.163. The van der Waals surface area contributed by atoms with Gasteiger partial charge in [-0.25, -0.2) is 0 Å². The molecule has 0 radical (unpaired) electrons. The molecule has 0 N–H and O–H groups in total. The summed E-state index contributed by atoms with van der Waals surface area (Å²) in [4.78, 5) is 11.2. The second-order valence-electron chi connectivity index (χ2n) is 2.34. The Morgan fingerprint density at radius 3 is 3.00 bits per heavy atom. The fourth-order valence-electron chi connectivity index (χ4n) is 1.01. The summed E-state index contributed by atoms with van der Waals surface area (Å²) >= 11 is 0. The molecule has 60 valence electrons. The lowest BCUT2D eigenvalue weighted by Crippen LogP contribution is -2.04. The number of hydrogen-bond acceptors (Lipinski definition) is 2. The van der Waals surface area contributed by atoms with E-state index < -0.39 is 17.5 Å². The largest absolute Gasteiger partial charge is 0.461 e. The Balaban J connectivity index is 3.03. The topological polar surface area (TPSA) is 30.2 Å². The van der Waals surface area contributed by atoms with Crippen LogP contribution in [0.1, 0.15) is 1.37 Å². The fourth-order valence-corrected chi connectivity index (χ4v) is 1.01. The molecular weight excluding hydrogens is 159 g/mol. The maximum absolute atomic E-state index is 12.9. The van der Waals surface area contributed by atoms with Gasteiger partial charge in [0.1, 0.15) is 13.2 Å². The summed E-state index contributed by atoms with van der Waals surface area (Å²) in [5.74, 6) is -1.14. The predicted molar refractivity (Wildman–Crippen MR) is 42.4 cm³/mol. The number of benzene rings is 1. The Labute approximate surface area is 68.6 Å². The molecule has 0 saturated heterocycles. The highest BCUT2D eigenvalue weighted by molar-refractivity contribution is 5.75. The standard InChI is InChI=1S/C9H5FO2/c10-7-5-12-8-4-2-1-3-6(8)9(7)11/h1-5H/i5D. The van der Waals surface area contributed by atoms with E-state index in [4.69, 9.17) is 5.79 Å². The van der Waals surface area contributed by atoms with Crippen molar-refractivity contribution in [1.29, 1.82) is 0 Å². The van der Waals surface area contributed by atoms with Gasteiger partial charge in [-0.2, -0.15) is 4.39 Å². The average Bonchev–Trinajstić information content (AvgIpc) is 2.15. The van der Waals surface area contributed by atoms with E-state index in [0.717, 1.165) is 0 Å². The fraction of sp³-hybridized carbons (Fsp3) is 0. The third kappa shape index (κ3) is 0.906. The Hall–Kier alpha value is -1.64. The molecule has 0 aliphatic heterocycles. The zero-order chi connectivity index (χ0) is 9.42. The molecule has 0 unspecified atom stereocenters. The molecule has 0 aliphatic carbocycles. The molecule has 0 fully saturated rings. The van der Waals surface area contributed by atoms with E-state index in [1.165, 1.54) is 12.1 Å². The maximum atomic E-state index is 12.9. The van der Waals surface area contributed by atoms with Crippen LogP contribution in [0.15, 0.2) is 39.7 Å². The molecule has 2 aromatic rings. The molecule has 0 amide bonds. The minimum atomic E-state index is -1.14. The Kier molecular flexibility index (Phi) is 1.21. The highest BCUT2D eigenvalue weighted by Gasteiger charge is 2.03. The molecule has 1 aromatic carbocycles. The number of fused-ring (bicyclic) bond motifs is 1. The van der Waals surface area contributed by atoms with Gasteiger partial charge in [-0.15, -0.1) is 0 Å². The van der Waals surface area contributed by atoms with Crippen LogP contribution in [0.4, 0.5) is 4.39 Å². The molecule has 0 aliphatic rings. The Morgan fingerprint density at radius 1 is 1.42 bits per heavy atom. The van der Waals surface area contributed by atoms with Gasteiger partial charge in [-0.3, -0.25) is 4.79 Å². The van der Waals surface area contributed by atoms with Crippen molar-refractivity contribution in [1.82, 2.24) is 0 Å². The monoisotopic (exact) mass is 165 g/mol. The van der Waals surface area contributed by atoms with E-state index >= 15 is 0 Å². The summed E-state index contributed by atoms with van der Waals surface area (Å²) in [6.45, 7) is 0. The van der Waals surface area contributed by atoms with Crippen molar-refractivity contribution in [3.8, 4) is 0 Å². The molecule has 0 bridgehead atoms. The van der Waals surface area contributed by atoms with Crippen LogP contribution in [0.25, 0.3) is 11.0 Å². The summed E-state index contributed by atoms with van der Waals surface area (Å²) in [7, 11) is 0. The van der Waals surface area contributed by atoms with Gasteiger partial charge >= 0.3 is 0 Å². The number of rotatable bonds is 0. The van der Waals surface area contributed by atoms with Gasteiger partial charge in [0, 0.05) is 0 Å². The van der Waals surface area contributed by atoms with E-state index in [9.17, 15) is 9.18 Å². The van der Waals surface area contributed by atoms with Crippen LogP contribution in [0.2, 0.25) is 0 Å². The van der Waals surface area contributed by atoms with Crippen molar-refractivity contribution in [2.24, 2.45) is 0 Å². The van der Waals surface area contributed by atoms with Crippen molar-refractivity contribution in [3.05, 3.63) is 46.5 Å². The van der Waals surface area contributed by atoms with Crippen LogP contribution in [-0.2, 0) is 0 Å². The van der Waals surface area contributed by atoms with Crippen LogP contribution in [0, 0.1) is 5.82 Å². The smallest absolute Gasteiger partial charge is 0.228 e. The molecule has 0 saturated carbocycles. The lowest BCUT2D eigenvalue weighted by Gasteiger charge is -1.93. The third-order valence-corrected chi connectivity index (χ3v) is 1.58. The minimum Gasteiger partial charge on any atom is -0.461 e. The number of hydrogen-bond donors (Lipinski definition) is 0. The van der Waals surface area contributed by atoms with Gasteiger partial charge in [0.15, 0.2) is 0 Å². The molecule has 0 atom stereocenters. The van der Waals surface area contributed by atoms with E-state index in [1.807, 2.05) is 0 Å². The van der Waals surface area contributed by atoms with Gasteiger partial charge in [0.25, 0.3) is 0 Å². The van der Waals surface area contributed by atoms with Crippen LogP contribution < -0.4 is 5.43 Å². The molecule has 3 heteroatoms. The second kappa shape index (κ2) is 2.44. The first-order chi connectivity index (χ1) is 6.20. The summed E-state index contributed by atoms with van der Waals surface area (Å²) in [5.41, 5.74) is -0.550.